The van der Waals surface area contributed by atoms with Crippen molar-refractivity contribution >= 4 is 6.21 Å². The van der Waals surface area contributed by atoms with E-state index in [0.717, 1.165) is 17.5 Å². The molecule has 0 saturated heterocycles. The van der Waals surface area contributed by atoms with Gasteiger partial charge in [0.15, 0.2) is 0 Å². The Hall–Kier alpha value is -2.29. The second-order valence-corrected chi connectivity index (χ2v) is 4.01. The summed E-state index contributed by atoms with van der Waals surface area (Å²) in [6.07, 6.45) is 2.49. The number of aromatic hydroxyl groups is 2. The number of phenolic OH excluding ortho intramolecular Hbond substituents is 2. The first-order valence-electron chi connectivity index (χ1n) is 5.81. The van der Waals surface area contributed by atoms with E-state index in [-0.39, 0.29) is 11.5 Å². The highest BCUT2D eigenvalue weighted by Crippen LogP contribution is 2.13. The van der Waals surface area contributed by atoms with Gasteiger partial charge in [-0.15, -0.1) is 0 Å². The lowest BCUT2D eigenvalue weighted by atomic mass is 10.1. The smallest absolute Gasteiger partial charge is 0.124 e. The minimum atomic E-state index is 0.242. The van der Waals surface area contributed by atoms with Crippen LogP contribution in [0.1, 0.15) is 11.1 Å². The molecule has 0 heterocycles. The molecule has 0 saturated carbocycles. The zero-order valence-electron chi connectivity index (χ0n) is 9.95. The van der Waals surface area contributed by atoms with Crippen LogP contribution >= 0.6 is 0 Å². The van der Waals surface area contributed by atoms with Gasteiger partial charge in [0, 0.05) is 18.3 Å². The highest BCUT2D eigenvalue weighted by atomic mass is 16.3. The second kappa shape index (κ2) is 5.87. The molecule has 18 heavy (non-hydrogen) atoms. The van der Waals surface area contributed by atoms with Crippen LogP contribution in [0.15, 0.2) is 53.5 Å². The lowest BCUT2D eigenvalue weighted by Gasteiger charge is -1.99. The third-order valence-electron chi connectivity index (χ3n) is 2.63. The molecule has 0 bridgehead atoms. The molecule has 92 valence electrons. The molecule has 3 nitrogen and oxygen atoms in total. The SMILES string of the molecule is Oc1ccc(CC/N=C/c2ccccc2O)cc1. The van der Waals surface area contributed by atoms with Crippen molar-refractivity contribution in [3.8, 4) is 11.5 Å². The van der Waals surface area contributed by atoms with E-state index in [1.54, 1.807) is 30.5 Å². The number of phenols is 2. The van der Waals surface area contributed by atoms with E-state index in [0.29, 0.717) is 6.54 Å². The summed E-state index contributed by atoms with van der Waals surface area (Å²) in [5, 5.41) is 18.7. The topological polar surface area (TPSA) is 52.8 Å². The molecule has 2 N–H and O–H groups in total. The molecule has 0 aliphatic carbocycles. The van der Waals surface area contributed by atoms with E-state index < -0.39 is 0 Å². The summed E-state index contributed by atoms with van der Waals surface area (Å²) >= 11 is 0. The van der Waals surface area contributed by atoms with Crippen molar-refractivity contribution in [3.63, 3.8) is 0 Å². The maximum Gasteiger partial charge on any atom is 0.124 e. The average molecular weight is 241 g/mol. The zero-order chi connectivity index (χ0) is 12.8. The summed E-state index contributed by atoms with van der Waals surface area (Å²) in [6, 6.07) is 14.2. The molecule has 0 atom stereocenters. The average Bonchev–Trinajstić information content (AvgIpc) is 2.39. The normalized spacial score (nSPS) is 10.9. The molecule has 2 aromatic carbocycles. The van der Waals surface area contributed by atoms with Gasteiger partial charge < -0.3 is 10.2 Å². The van der Waals surface area contributed by atoms with Gasteiger partial charge in [0.05, 0.1) is 0 Å². The third-order valence-corrected chi connectivity index (χ3v) is 2.63. The standard InChI is InChI=1S/C15H15NO2/c17-14-7-5-12(6-8-14)9-10-16-11-13-3-1-2-4-15(13)18/h1-8,11,17-18H,9-10H2/b16-11+. The molecule has 0 amide bonds. The minimum Gasteiger partial charge on any atom is -0.508 e. The number of benzene rings is 2. The first kappa shape index (κ1) is 12.2. The van der Waals surface area contributed by atoms with Gasteiger partial charge in [-0.1, -0.05) is 24.3 Å². The van der Waals surface area contributed by atoms with Crippen molar-refractivity contribution in [3.05, 3.63) is 59.7 Å². The van der Waals surface area contributed by atoms with Crippen molar-refractivity contribution in [2.75, 3.05) is 6.54 Å². The largest absolute Gasteiger partial charge is 0.508 e. The Labute approximate surface area is 106 Å². The maximum absolute atomic E-state index is 9.54. The van der Waals surface area contributed by atoms with Crippen molar-refractivity contribution in [2.45, 2.75) is 6.42 Å². The van der Waals surface area contributed by atoms with Gasteiger partial charge in [-0.3, -0.25) is 4.99 Å². The Morgan fingerprint density at radius 3 is 2.39 bits per heavy atom. The first-order chi connectivity index (χ1) is 8.75. The molecule has 0 spiro atoms. The third kappa shape index (κ3) is 3.35. The van der Waals surface area contributed by atoms with E-state index in [9.17, 15) is 5.11 Å². The van der Waals surface area contributed by atoms with Crippen LogP contribution in [0, 0.1) is 0 Å². The summed E-state index contributed by atoms with van der Waals surface area (Å²) in [7, 11) is 0. The number of para-hydroxylation sites is 1. The molecule has 0 aromatic heterocycles. The Bertz CT molecular complexity index is 532. The predicted octanol–water partition coefficient (Wildman–Crippen LogP) is 2.76. The molecule has 0 fully saturated rings. The van der Waals surface area contributed by atoms with Crippen LogP contribution < -0.4 is 0 Å². The van der Waals surface area contributed by atoms with Crippen LogP contribution in [-0.2, 0) is 6.42 Å². The highest BCUT2D eigenvalue weighted by molar-refractivity contribution is 5.83. The van der Waals surface area contributed by atoms with Crippen molar-refractivity contribution in [2.24, 2.45) is 4.99 Å². The predicted molar refractivity (Wildman–Crippen MR) is 72.4 cm³/mol. The van der Waals surface area contributed by atoms with Crippen LogP contribution in [0.5, 0.6) is 11.5 Å². The fourth-order valence-electron chi connectivity index (χ4n) is 1.62. The molecule has 0 aliphatic heterocycles. The molecule has 0 aliphatic rings. The number of hydrogen-bond acceptors (Lipinski definition) is 3. The van der Waals surface area contributed by atoms with Gasteiger partial charge in [-0.05, 0) is 36.2 Å². The number of nitrogens with zero attached hydrogens (tertiary/aromatic N) is 1. The number of hydrogen-bond donors (Lipinski definition) is 2. The number of rotatable bonds is 4. The Balaban J connectivity index is 1.89. The Morgan fingerprint density at radius 1 is 0.944 bits per heavy atom. The lowest BCUT2D eigenvalue weighted by Crippen LogP contribution is -1.90. The van der Waals surface area contributed by atoms with Crippen LogP contribution in [0.3, 0.4) is 0 Å². The van der Waals surface area contributed by atoms with Gasteiger partial charge in [0.1, 0.15) is 11.5 Å². The monoisotopic (exact) mass is 241 g/mol. The van der Waals surface area contributed by atoms with Gasteiger partial charge >= 0.3 is 0 Å². The fourth-order valence-corrected chi connectivity index (χ4v) is 1.62. The van der Waals surface area contributed by atoms with E-state index in [4.69, 9.17) is 5.11 Å². The van der Waals surface area contributed by atoms with Crippen LogP contribution in [0.25, 0.3) is 0 Å². The lowest BCUT2D eigenvalue weighted by molar-refractivity contribution is 0.474. The second-order valence-electron chi connectivity index (χ2n) is 4.01. The Kier molecular flexibility index (Phi) is 3.97. The Morgan fingerprint density at radius 2 is 1.67 bits per heavy atom. The fraction of sp³-hybridized carbons (Fsp3) is 0.133. The summed E-state index contributed by atoms with van der Waals surface area (Å²) in [6.45, 7) is 0.652. The van der Waals surface area contributed by atoms with Crippen molar-refractivity contribution < 1.29 is 10.2 Å². The molecule has 3 heteroatoms. The van der Waals surface area contributed by atoms with Gasteiger partial charge in [0.2, 0.25) is 0 Å². The molecular formula is C15H15NO2. The number of aliphatic imine (C=N–C) groups is 1. The summed E-state index contributed by atoms with van der Waals surface area (Å²) < 4.78 is 0. The summed E-state index contributed by atoms with van der Waals surface area (Å²) in [5.41, 5.74) is 1.85. The highest BCUT2D eigenvalue weighted by Gasteiger charge is 1.95. The minimum absolute atomic E-state index is 0.242. The maximum atomic E-state index is 9.54. The first-order valence-corrected chi connectivity index (χ1v) is 5.81. The quantitative estimate of drug-likeness (QED) is 0.809. The van der Waals surface area contributed by atoms with Crippen LogP contribution in [0.2, 0.25) is 0 Å². The van der Waals surface area contributed by atoms with Crippen LogP contribution in [0.4, 0.5) is 0 Å². The van der Waals surface area contributed by atoms with Gasteiger partial charge in [-0.2, -0.15) is 0 Å². The van der Waals surface area contributed by atoms with E-state index in [1.165, 1.54) is 0 Å². The van der Waals surface area contributed by atoms with E-state index in [2.05, 4.69) is 4.99 Å². The zero-order valence-corrected chi connectivity index (χ0v) is 9.95. The van der Waals surface area contributed by atoms with Crippen LogP contribution in [-0.4, -0.2) is 23.0 Å². The molecule has 2 rings (SSSR count). The van der Waals surface area contributed by atoms with Crippen molar-refractivity contribution in [1.29, 1.82) is 0 Å². The van der Waals surface area contributed by atoms with E-state index >= 15 is 0 Å². The summed E-state index contributed by atoms with van der Waals surface area (Å²) in [5.74, 6) is 0.516. The molecule has 0 unspecified atom stereocenters. The molecule has 0 radical (unpaired) electrons. The van der Waals surface area contributed by atoms with Gasteiger partial charge in [0.25, 0.3) is 0 Å². The molecule has 2 aromatic rings. The van der Waals surface area contributed by atoms with Gasteiger partial charge in [-0.25, -0.2) is 0 Å². The summed E-state index contributed by atoms with van der Waals surface area (Å²) in [4.78, 5) is 4.27. The molecular weight excluding hydrogens is 226 g/mol. The van der Waals surface area contributed by atoms with E-state index in [1.807, 2.05) is 24.3 Å². The van der Waals surface area contributed by atoms with Crippen molar-refractivity contribution in [1.82, 2.24) is 0 Å².